The van der Waals surface area contributed by atoms with E-state index in [-0.39, 0.29) is 36.6 Å². The number of hydrogen-bond donors (Lipinski definition) is 1. The van der Waals surface area contributed by atoms with Gasteiger partial charge in [0, 0.05) is 19.0 Å². The van der Waals surface area contributed by atoms with Crippen molar-refractivity contribution in [2.24, 2.45) is 0 Å². The number of amides is 2. The number of fused-ring (bicyclic) bond motifs is 3. The van der Waals surface area contributed by atoms with Crippen molar-refractivity contribution in [1.29, 1.82) is 0 Å². The van der Waals surface area contributed by atoms with E-state index in [0.29, 0.717) is 18.6 Å². The minimum absolute atomic E-state index is 0.0155. The van der Waals surface area contributed by atoms with Crippen LogP contribution in [0.4, 0.5) is 0 Å². The number of carbonyl (C=O) groups is 2. The predicted molar refractivity (Wildman–Crippen MR) is 105 cm³/mol. The first-order valence-electron chi connectivity index (χ1n) is 9.49. The van der Waals surface area contributed by atoms with E-state index in [0.717, 1.165) is 22.9 Å². The number of nitrogens with one attached hydrogen (secondary N) is 1. The minimum Gasteiger partial charge on any atom is -0.350 e. The van der Waals surface area contributed by atoms with Crippen LogP contribution in [-0.4, -0.2) is 50.0 Å². The molecule has 0 spiro atoms. The summed E-state index contributed by atoms with van der Waals surface area (Å²) in [6.45, 7) is 4.70. The molecule has 1 saturated heterocycles. The molecule has 1 aliphatic rings. The third-order valence-corrected chi connectivity index (χ3v) is 5.10. The van der Waals surface area contributed by atoms with Gasteiger partial charge in [-0.3, -0.25) is 9.59 Å². The highest BCUT2D eigenvalue weighted by atomic mass is 16.2. The van der Waals surface area contributed by atoms with Crippen LogP contribution in [0.25, 0.3) is 16.6 Å². The predicted octanol–water partition coefficient (Wildman–Crippen LogP) is 1.08. The third kappa shape index (κ3) is 3.26. The highest BCUT2D eigenvalue weighted by Gasteiger charge is 2.23. The standard InChI is InChI=1S/C20H23N5O3/c1-13-10-15-6-3-4-7-16(15)25-19(13)22-24(20(25)28)11-14(2)21-17(26)12-23-9-5-8-18(23)27/h3-4,6-7,10,14H,5,8-9,11-12H2,1-2H3,(H,21,26). The number of aromatic nitrogens is 3. The Morgan fingerprint density at radius 1 is 1.29 bits per heavy atom. The summed E-state index contributed by atoms with van der Waals surface area (Å²) in [7, 11) is 0. The van der Waals surface area contributed by atoms with Gasteiger partial charge < -0.3 is 10.2 Å². The van der Waals surface area contributed by atoms with E-state index in [1.807, 2.05) is 44.2 Å². The van der Waals surface area contributed by atoms with Crippen molar-refractivity contribution >= 4 is 28.4 Å². The Bertz CT molecular complexity index is 1130. The van der Waals surface area contributed by atoms with Gasteiger partial charge >= 0.3 is 5.69 Å². The van der Waals surface area contributed by atoms with E-state index in [2.05, 4.69) is 10.4 Å². The molecule has 1 aromatic carbocycles. The Labute approximate surface area is 161 Å². The van der Waals surface area contributed by atoms with E-state index >= 15 is 0 Å². The van der Waals surface area contributed by atoms with Gasteiger partial charge in [0.05, 0.1) is 18.6 Å². The number of pyridine rings is 1. The molecule has 8 heteroatoms. The number of para-hydroxylation sites is 1. The molecule has 1 unspecified atom stereocenters. The molecule has 0 radical (unpaired) electrons. The van der Waals surface area contributed by atoms with Crippen molar-refractivity contribution in [3.63, 3.8) is 0 Å². The molecular weight excluding hydrogens is 358 g/mol. The van der Waals surface area contributed by atoms with E-state index in [1.165, 1.54) is 4.68 Å². The van der Waals surface area contributed by atoms with Crippen molar-refractivity contribution in [1.82, 2.24) is 24.4 Å². The fourth-order valence-electron chi connectivity index (χ4n) is 3.78. The maximum atomic E-state index is 12.9. The lowest BCUT2D eigenvalue weighted by Gasteiger charge is -2.18. The van der Waals surface area contributed by atoms with Crippen molar-refractivity contribution in [3.8, 4) is 0 Å². The number of likely N-dealkylation sites (tertiary alicyclic amines) is 1. The molecule has 8 nitrogen and oxygen atoms in total. The minimum atomic E-state index is -0.292. The smallest absolute Gasteiger partial charge is 0.350 e. The Hall–Kier alpha value is -3.16. The molecule has 2 aromatic heterocycles. The van der Waals surface area contributed by atoms with Crippen LogP contribution in [0.15, 0.2) is 35.1 Å². The van der Waals surface area contributed by atoms with Crippen molar-refractivity contribution in [2.75, 3.05) is 13.1 Å². The number of carbonyl (C=O) groups excluding carboxylic acids is 2. The second-order valence-corrected chi connectivity index (χ2v) is 7.40. The summed E-state index contributed by atoms with van der Waals surface area (Å²) in [5.41, 5.74) is 2.11. The van der Waals surface area contributed by atoms with Crippen LogP contribution in [0.2, 0.25) is 0 Å². The largest absolute Gasteiger partial charge is 0.350 e. The molecule has 28 heavy (non-hydrogen) atoms. The summed E-state index contributed by atoms with van der Waals surface area (Å²) in [6, 6.07) is 9.41. The Balaban J connectivity index is 1.54. The highest BCUT2D eigenvalue weighted by molar-refractivity contribution is 5.86. The fourth-order valence-corrected chi connectivity index (χ4v) is 3.78. The summed E-state index contributed by atoms with van der Waals surface area (Å²) < 4.78 is 3.00. The number of rotatable bonds is 5. The van der Waals surface area contributed by atoms with Crippen molar-refractivity contribution in [2.45, 2.75) is 39.3 Å². The van der Waals surface area contributed by atoms with Gasteiger partial charge in [-0.25, -0.2) is 13.9 Å². The molecular formula is C20H23N5O3. The quantitative estimate of drug-likeness (QED) is 0.716. The molecule has 2 amide bonds. The average molecular weight is 381 g/mol. The molecule has 0 bridgehead atoms. The van der Waals surface area contributed by atoms with E-state index in [9.17, 15) is 14.4 Å². The van der Waals surface area contributed by atoms with Gasteiger partial charge in [0.2, 0.25) is 11.8 Å². The van der Waals surface area contributed by atoms with Gasteiger partial charge in [-0.1, -0.05) is 18.2 Å². The van der Waals surface area contributed by atoms with Crippen LogP contribution >= 0.6 is 0 Å². The topological polar surface area (TPSA) is 88.7 Å². The lowest BCUT2D eigenvalue weighted by molar-refractivity contribution is -0.133. The molecule has 3 heterocycles. The van der Waals surface area contributed by atoms with E-state index < -0.39 is 0 Å². The van der Waals surface area contributed by atoms with Gasteiger partial charge in [-0.2, -0.15) is 0 Å². The average Bonchev–Trinajstić information content (AvgIpc) is 3.19. The summed E-state index contributed by atoms with van der Waals surface area (Å²) in [5.74, 6) is -0.206. The zero-order valence-electron chi connectivity index (χ0n) is 16.0. The molecule has 1 fully saturated rings. The Morgan fingerprint density at radius 3 is 2.82 bits per heavy atom. The molecule has 4 rings (SSSR count). The van der Waals surface area contributed by atoms with Crippen LogP contribution in [0.1, 0.15) is 25.3 Å². The van der Waals surface area contributed by atoms with Crippen LogP contribution in [0, 0.1) is 6.92 Å². The summed E-state index contributed by atoms with van der Waals surface area (Å²) in [4.78, 5) is 38.4. The van der Waals surface area contributed by atoms with Gasteiger partial charge in [-0.15, -0.1) is 5.10 Å². The number of benzene rings is 1. The van der Waals surface area contributed by atoms with Gasteiger partial charge in [0.25, 0.3) is 0 Å². The highest BCUT2D eigenvalue weighted by Crippen LogP contribution is 2.18. The van der Waals surface area contributed by atoms with Crippen LogP contribution in [-0.2, 0) is 16.1 Å². The third-order valence-electron chi connectivity index (χ3n) is 5.10. The first-order chi connectivity index (χ1) is 13.4. The van der Waals surface area contributed by atoms with E-state index in [1.54, 1.807) is 9.30 Å². The first-order valence-corrected chi connectivity index (χ1v) is 9.49. The maximum Gasteiger partial charge on any atom is 0.350 e. The second kappa shape index (κ2) is 7.10. The fraction of sp³-hybridized carbons (Fsp3) is 0.400. The normalized spacial score (nSPS) is 15.5. The van der Waals surface area contributed by atoms with Gasteiger partial charge in [-0.05, 0) is 43.4 Å². The lowest BCUT2D eigenvalue weighted by atomic mass is 10.1. The molecule has 146 valence electrons. The van der Waals surface area contributed by atoms with Crippen LogP contribution < -0.4 is 11.0 Å². The monoisotopic (exact) mass is 381 g/mol. The molecule has 0 aliphatic carbocycles. The van der Waals surface area contributed by atoms with Crippen molar-refractivity contribution < 1.29 is 9.59 Å². The number of nitrogens with zero attached hydrogens (tertiary/aromatic N) is 4. The SMILES string of the molecule is Cc1cc2ccccc2n2c(=O)n(CC(C)NC(=O)CN3CCCC3=O)nc12. The maximum absolute atomic E-state index is 12.9. The Kier molecular flexibility index (Phi) is 4.62. The molecule has 1 atom stereocenters. The van der Waals surface area contributed by atoms with Crippen LogP contribution in [0.3, 0.4) is 0 Å². The Morgan fingerprint density at radius 2 is 2.07 bits per heavy atom. The molecule has 1 N–H and O–H groups in total. The summed E-state index contributed by atoms with van der Waals surface area (Å²) >= 11 is 0. The number of aryl methyl sites for hydroxylation is 1. The van der Waals surface area contributed by atoms with E-state index in [4.69, 9.17) is 0 Å². The molecule has 3 aromatic rings. The molecule has 0 saturated carbocycles. The van der Waals surface area contributed by atoms with Crippen molar-refractivity contribution in [3.05, 3.63) is 46.4 Å². The van der Waals surface area contributed by atoms with Gasteiger partial charge in [0.1, 0.15) is 0 Å². The molecule has 1 aliphatic heterocycles. The summed E-state index contributed by atoms with van der Waals surface area (Å²) in [6.07, 6.45) is 1.30. The lowest BCUT2D eigenvalue weighted by Crippen LogP contribution is -2.44. The summed E-state index contributed by atoms with van der Waals surface area (Å²) in [5, 5.41) is 8.31. The zero-order valence-corrected chi connectivity index (χ0v) is 16.0. The first kappa shape index (κ1) is 18.2. The van der Waals surface area contributed by atoms with Gasteiger partial charge in [0.15, 0.2) is 5.65 Å². The van der Waals surface area contributed by atoms with Crippen LogP contribution in [0.5, 0.6) is 0 Å². The zero-order chi connectivity index (χ0) is 19.8. The number of hydrogen-bond acceptors (Lipinski definition) is 4. The second-order valence-electron chi connectivity index (χ2n) is 7.40.